The molecule has 1 heterocycles. The molecule has 124 valence electrons. The Labute approximate surface area is 148 Å². The van der Waals surface area contributed by atoms with Gasteiger partial charge in [0.25, 0.3) is 0 Å². The highest BCUT2D eigenvalue weighted by molar-refractivity contribution is 9.10. The minimum absolute atomic E-state index is 0.152. The summed E-state index contributed by atoms with van der Waals surface area (Å²) in [5.41, 5.74) is 0.966. The minimum Gasteiger partial charge on any atom is -0.367 e. The maximum atomic E-state index is 13.7. The van der Waals surface area contributed by atoms with Crippen molar-refractivity contribution in [2.45, 2.75) is 12.8 Å². The molecule has 1 aromatic heterocycles. The first kappa shape index (κ1) is 17.9. The van der Waals surface area contributed by atoms with E-state index in [-0.39, 0.29) is 18.1 Å². The molecule has 0 fully saturated rings. The van der Waals surface area contributed by atoms with Gasteiger partial charge < -0.3 is 10.6 Å². The van der Waals surface area contributed by atoms with E-state index in [1.54, 1.807) is 30.5 Å². The van der Waals surface area contributed by atoms with Crippen LogP contribution in [0.15, 0.2) is 41.0 Å². The van der Waals surface area contributed by atoms with Gasteiger partial charge in [-0.2, -0.15) is 5.26 Å². The molecule has 0 saturated heterocycles. The lowest BCUT2D eigenvalue weighted by molar-refractivity contribution is -0.120. The molecule has 2 N–H and O–H groups in total. The van der Waals surface area contributed by atoms with Crippen molar-refractivity contribution in [2.24, 2.45) is 0 Å². The van der Waals surface area contributed by atoms with E-state index in [1.165, 1.54) is 6.07 Å². The number of aromatic nitrogens is 1. The number of pyridine rings is 1. The van der Waals surface area contributed by atoms with Crippen LogP contribution < -0.4 is 10.6 Å². The van der Waals surface area contributed by atoms with Gasteiger partial charge in [-0.15, -0.1) is 0 Å². The topological polar surface area (TPSA) is 77.8 Å². The normalized spacial score (nSPS) is 10.0. The fraction of sp³-hybridized carbons (Fsp3) is 0.235. The Balaban J connectivity index is 1.71. The number of benzene rings is 1. The Bertz CT molecular complexity index is 760. The van der Waals surface area contributed by atoms with E-state index in [0.717, 1.165) is 0 Å². The summed E-state index contributed by atoms with van der Waals surface area (Å²) in [5.74, 6) is 0.0184. The predicted octanol–water partition coefficient (Wildman–Crippen LogP) is 3.02. The number of nitriles is 1. The van der Waals surface area contributed by atoms with Crippen molar-refractivity contribution in [1.82, 2.24) is 10.3 Å². The molecule has 5 nitrogen and oxygen atoms in total. The van der Waals surface area contributed by atoms with E-state index in [0.29, 0.717) is 40.9 Å². The van der Waals surface area contributed by atoms with E-state index in [4.69, 9.17) is 5.26 Å². The molecule has 2 rings (SSSR count). The molecule has 0 radical (unpaired) electrons. The van der Waals surface area contributed by atoms with Crippen LogP contribution in [0.25, 0.3) is 0 Å². The fourth-order valence-corrected chi connectivity index (χ4v) is 2.41. The first-order valence-electron chi connectivity index (χ1n) is 7.40. The number of anilines is 1. The molecule has 0 saturated carbocycles. The summed E-state index contributed by atoms with van der Waals surface area (Å²) in [7, 11) is 0. The Morgan fingerprint density at radius 1 is 1.33 bits per heavy atom. The standard InChI is InChI=1S/C17H16BrFN4O/c18-14-5-3-12(15(19)10-14)4-6-16(24)21-8-9-23-17-13(11-20)2-1-7-22-17/h1-3,5,7,10H,4,6,8-9H2,(H,21,24)(H,22,23). The summed E-state index contributed by atoms with van der Waals surface area (Å²) in [4.78, 5) is 15.9. The van der Waals surface area contributed by atoms with Gasteiger partial charge in [0.2, 0.25) is 5.91 Å². The van der Waals surface area contributed by atoms with Crippen LogP contribution in [-0.2, 0) is 11.2 Å². The Morgan fingerprint density at radius 3 is 2.92 bits per heavy atom. The fourth-order valence-electron chi connectivity index (χ4n) is 2.08. The number of nitrogens with zero attached hydrogens (tertiary/aromatic N) is 2. The molecule has 0 bridgehead atoms. The highest BCUT2D eigenvalue weighted by Gasteiger charge is 2.07. The first-order valence-corrected chi connectivity index (χ1v) is 8.19. The summed E-state index contributed by atoms with van der Waals surface area (Å²) < 4.78 is 14.3. The highest BCUT2D eigenvalue weighted by Crippen LogP contribution is 2.16. The molecule has 24 heavy (non-hydrogen) atoms. The lowest BCUT2D eigenvalue weighted by Gasteiger charge is -2.08. The molecule has 0 aliphatic carbocycles. The van der Waals surface area contributed by atoms with Crippen molar-refractivity contribution >= 4 is 27.7 Å². The second-order valence-corrected chi connectivity index (χ2v) is 5.94. The predicted molar refractivity (Wildman–Crippen MR) is 92.9 cm³/mol. The zero-order valence-electron chi connectivity index (χ0n) is 12.9. The SMILES string of the molecule is N#Cc1cccnc1NCCNC(=O)CCc1ccc(Br)cc1F. The van der Waals surface area contributed by atoms with Crippen LogP contribution in [0.3, 0.4) is 0 Å². The molecular weight excluding hydrogens is 375 g/mol. The van der Waals surface area contributed by atoms with Gasteiger partial charge in [0, 0.05) is 30.2 Å². The van der Waals surface area contributed by atoms with Gasteiger partial charge in [0.05, 0.1) is 5.56 Å². The van der Waals surface area contributed by atoms with Crippen LogP contribution in [0, 0.1) is 17.1 Å². The second-order valence-electron chi connectivity index (χ2n) is 5.02. The third-order valence-corrected chi connectivity index (χ3v) is 3.80. The molecule has 1 amide bonds. The van der Waals surface area contributed by atoms with Crippen LogP contribution in [0.2, 0.25) is 0 Å². The number of aryl methyl sites for hydroxylation is 1. The van der Waals surface area contributed by atoms with Crippen molar-refractivity contribution in [1.29, 1.82) is 5.26 Å². The van der Waals surface area contributed by atoms with Crippen molar-refractivity contribution in [3.63, 3.8) is 0 Å². The Kier molecular flexibility index (Phi) is 6.70. The third-order valence-electron chi connectivity index (χ3n) is 3.30. The molecule has 0 spiro atoms. The maximum Gasteiger partial charge on any atom is 0.220 e. The van der Waals surface area contributed by atoms with Crippen LogP contribution in [-0.4, -0.2) is 24.0 Å². The average molecular weight is 391 g/mol. The molecule has 0 aliphatic heterocycles. The summed E-state index contributed by atoms with van der Waals surface area (Å²) in [6.45, 7) is 0.840. The second kappa shape index (κ2) is 8.99. The van der Waals surface area contributed by atoms with Gasteiger partial charge in [-0.25, -0.2) is 9.37 Å². The molecule has 7 heteroatoms. The van der Waals surface area contributed by atoms with E-state index < -0.39 is 0 Å². The Hall–Kier alpha value is -2.46. The van der Waals surface area contributed by atoms with Crippen molar-refractivity contribution in [3.05, 3.63) is 57.9 Å². The summed E-state index contributed by atoms with van der Waals surface area (Å²) in [5, 5.41) is 14.7. The summed E-state index contributed by atoms with van der Waals surface area (Å²) >= 11 is 3.20. The number of carbonyl (C=O) groups is 1. The van der Waals surface area contributed by atoms with E-state index >= 15 is 0 Å². The molecule has 0 aliphatic rings. The zero-order chi connectivity index (χ0) is 17.4. The Morgan fingerprint density at radius 2 is 2.17 bits per heavy atom. The molecule has 0 unspecified atom stereocenters. The maximum absolute atomic E-state index is 13.7. The lowest BCUT2D eigenvalue weighted by Crippen LogP contribution is -2.29. The number of nitrogens with one attached hydrogen (secondary N) is 2. The zero-order valence-corrected chi connectivity index (χ0v) is 14.4. The molecule has 0 atom stereocenters. The summed E-state index contributed by atoms with van der Waals surface area (Å²) in [6.07, 6.45) is 2.15. The number of hydrogen-bond donors (Lipinski definition) is 2. The smallest absolute Gasteiger partial charge is 0.220 e. The van der Waals surface area contributed by atoms with Gasteiger partial charge >= 0.3 is 0 Å². The van der Waals surface area contributed by atoms with E-state index in [1.807, 2.05) is 6.07 Å². The number of amides is 1. The first-order chi connectivity index (χ1) is 11.6. The number of rotatable bonds is 7. The largest absolute Gasteiger partial charge is 0.367 e. The molecule has 1 aromatic carbocycles. The third kappa shape index (κ3) is 5.32. The quantitative estimate of drug-likeness (QED) is 0.712. The van der Waals surface area contributed by atoms with E-state index in [2.05, 4.69) is 31.5 Å². The van der Waals surface area contributed by atoms with Crippen LogP contribution in [0.1, 0.15) is 17.5 Å². The highest BCUT2D eigenvalue weighted by atomic mass is 79.9. The lowest BCUT2D eigenvalue weighted by atomic mass is 10.1. The van der Waals surface area contributed by atoms with Crippen molar-refractivity contribution in [3.8, 4) is 6.07 Å². The van der Waals surface area contributed by atoms with Crippen molar-refractivity contribution in [2.75, 3.05) is 18.4 Å². The average Bonchev–Trinajstić information content (AvgIpc) is 2.58. The minimum atomic E-state index is -0.321. The van der Waals surface area contributed by atoms with Crippen LogP contribution >= 0.6 is 15.9 Å². The summed E-state index contributed by atoms with van der Waals surface area (Å²) in [6, 6.07) is 10.2. The van der Waals surface area contributed by atoms with Gasteiger partial charge in [-0.3, -0.25) is 4.79 Å². The van der Waals surface area contributed by atoms with Gasteiger partial charge in [0.15, 0.2) is 0 Å². The van der Waals surface area contributed by atoms with Crippen LogP contribution in [0.5, 0.6) is 0 Å². The van der Waals surface area contributed by atoms with E-state index in [9.17, 15) is 9.18 Å². The number of carbonyl (C=O) groups excluding carboxylic acids is 1. The number of hydrogen-bond acceptors (Lipinski definition) is 4. The van der Waals surface area contributed by atoms with Crippen molar-refractivity contribution < 1.29 is 9.18 Å². The van der Waals surface area contributed by atoms with Crippen LogP contribution in [0.4, 0.5) is 10.2 Å². The monoisotopic (exact) mass is 390 g/mol. The van der Waals surface area contributed by atoms with Gasteiger partial charge in [0.1, 0.15) is 17.7 Å². The molecular formula is C17H16BrFN4O. The van der Waals surface area contributed by atoms with Gasteiger partial charge in [-0.05, 0) is 36.2 Å². The molecule has 2 aromatic rings. The van der Waals surface area contributed by atoms with Gasteiger partial charge in [-0.1, -0.05) is 22.0 Å². The number of halogens is 2.